The number of rotatable bonds is 3. The lowest BCUT2D eigenvalue weighted by atomic mass is 10.1. The van der Waals surface area contributed by atoms with Crippen LogP contribution in [0.25, 0.3) is 0 Å². The number of aromatic nitrogens is 1. The molecule has 1 fully saturated rings. The molecule has 0 unspecified atom stereocenters. The van der Waals surface area contributed by atoms with Crippen molar-refractivity contribution in [2.24, 2.45) is 0 Å². The third-order valence-corrected chi connectivity index (χ3v) is 4.19. The molecule has 5 nitrogen and oxygen atoms in total. The van der Waals surface area contributed by atoms with Crippen LogP contribution in [-0.2, 0) is 0 Å². The van der Waals surface area contributed by atoms with E-state index in [-0.39, 0.29) is 17.5 Å². The van der Waals surface area contributed by atoms with Gasteiger partial charge in [0.15, 0.2) is 0 Å². The van der Waals surface area contributed by atoms with Crippen LogP contribution in [0.1, 0.15) is 45.7 Å². The van der Waals surface area contributed by atoms with Crippen molar-refractivity contribution in [2.75, 3.05) is 18.4 Å². The quantitative estimate of drug-likeness (QED) is 0.943. The smallest absolute Gasteiger partial charge is 0.274 e. The number of anilines is 1. The molecule has 0 bridgehead atoms. The maximum Gasteiger partial charge on any atom is 0.274 e. The second-order valence-electron chi connectivity index (χ2n) is 6.10. The van der Waals surface area contributed by atoms with Crippen LogP contribution in [0.2, 0.25) is 0 Å². The van der Waals surface area contributed by atoms with Gasteiger partial charge in [-0.2, -0.15) is 0 Å². The first-order valence-electron chi connectivity index (χ1n) is 8.27. The molecule has 0 spiro atoms. The van der Waals surface area contributed by atoms with E-state index in [0.29, 0.717) is 11.3 Å². The number of likely N-dealkylation sites (tertiary alicyclic amines) is 1. The highest BCUT2D eigenvalue weighted by Crippen LogP contribution is 2.15. The second-order valence-corrected chi connectivity index (χ2v) is 6.10. The summed E-state index contributed by atoms with van der Waals surface area (Å²) in [5.41, 5.74) is 2.60. The van der Waals surface area contributed by atoms with Crippen LogP contribution >= 0.6 is 0 Å². The Morgan fingerprint density at radius 2 is 1.75 bits per heavy atom. The maximum absolute atomic E-state index is 12.5. The van der Waals surface area contributed by atoms with E-state index in [0.717, 1.165) is 31.5 Å². The standard InChI is InChI=1S/C19H21N3O2/c1-14-5-7-16(8-6-14)21-18(23)17-13-15(9-10-20-17)19(24)22-11-3-2-4-12-22/h5-10,13H,2-4,11-12H2,1H3,(H,21,23). The first-order chi connectivity index (χ1) is 11.6. The van der Waals surface area contributed by atoms with Crippen LogP contribution in [-0.4, -0.2) is 34.8 Å². The summed E-state index contributed by atoms with van der Waals surface area (Å²) in [6, 6.07) is 10.8. The minimum Gasteiger partial charge on any atom is -0.339 e. The van der Waals surface area contributed by atoms with E-state index in [4.69, 9.17) is 0 Å². The number of hydrogen-bond donors (Lipinski definition) is 1. The van der Waals surface area contributed by atoms with Gasteiger partial charge in [-0.05, 0) is 50.5 Å². The Bertz CT molecular complexity index is 735. The maximum atomic E-state index is 12.5. The molecule has 1 aromatic carbocycles. The summed E-state index contributed by atoms with van der Waals surface area (Å²) in [6.07, 6.45) is 4.76. The topological polar surface area (TPSA) is 62.3 Å². The molecule has 1 aliphatic rings. The molecule has 3 rings (SSSR count). The summed E-state index contributed by atoms with van der Waals surface area (Å²) >= 11 is 0. The Hall–Kier alpha value is -2.69. The largest absolute Gasteiger partial charge is 0.339 e. The first-order valence-corrected chi connectivity index (χ1v) is 8.27. The predicted molar refractivity (Wildman–Crippen MR) is 93.1 cm³/mol. The SMILES string of the molecule is Cc1ccc(NC(=O)c2cc(C(=O)N3CCCCC3)ccn2)cc1. The molecule has 124 valence electrons. The van der Waals surface area contributed by atoms with Gasteiger partial charge in [-0.25, -0.2) is 0 Å². The Kier molecular flexibility index (Phi) is 4.89. The molecule has 0 radical (unpaired) electrons. The number of piperidine rings is 1. The summed E-state index contributed by atoms with van der Waals surface area (Å²) in [6.45, 7) is 3.56. The molecule has 0 atom stereocenters. The predicted octanol–water partition coefficient (Wildman–Crippen LogP) is 3.27. The Morgan fingerprint density at radius 1 is 1.04 bits per heavy atom. The molecule has 5 heteroatoms. The zero-order valence-electron chi connectivity index (χ0n) is 13.8. The third kappa shape index (κ3) is 3.79. The average molecular weight is 323 g/mol. The number of nitrogens with one attached hydrogen (secondary N) is 1. The lowest BCUT2D eigenvalue weighted by Crippen LogP contribution is -2.35. The molecule has 2 heterocycles. The number of pyridine rings is 1. The van der Waals surface area contributed by atoms with Gasteiger partial charge in [0, 0.05) is 30.5 Å². The van der Waals surface area contributed by atoms with E-state index < -0.39 is 0 Å². The summed E-state index contributed by atoms with van der Waals surface area (Å²) in [5.74, 6) is -0.339. The van der Waals surface area contributed by atoms with Crippen molar-refractivity contribution in [1.82, 2.24) is 9.88 Å². The number of benzene rings is 1. The minimum atomic E-state index is -0.313. The molecule has 1 saturated heterocycles. The summed E-state index contributed by atoms with van der Waals surface area (Å²) in [5, 5.41) is 2.80. The lowest BCUT2D eigenvalue weighted by Gasteiger charge is -2.26. The summed E-state index contributed by atoms with van der Waals surface area (Å²) < 4.78 is 0. The minimum absolute atomic E-state index is 0.0264. The number of amides is 2. The van der Waals surface area contributed by atoms with Crippen LogP contribution < -0.4 is 5.32 Å². The van der Waals surface area contributed by atoms with Crippen LogP contribution in [0.3, 0.4) is 0 Å². The zero-order valence-corrected chi connectivity index (χ0v) is 13.8. The van der Waals surface area contributed by atoms with Gasteiger partial charge in [-0.15, -0.1) is 0 Å². The molecule has 24 heavy (non-hydrogen) atoms. The molecule has 2 amide bonds. The van der Waals surface area contributed by atoms with Gasteiger partial charge >= 0.3 is 0 Å². The number of hydrogen-bond acceptors (Lipinski definition) is 3. The molecule has 1 N–H and O–H groups in total. The highest BCUT2D eigenvalue weighted by atomic mass is 16.2. The monoisotopic (exact) mass is 323 g/mol. The summed E-state index contributed by atoms with van der Waals surface area (Å²) in [7, 11) is 0. The van der Waals surface area contributed by atoms with Crippen LogP contribution in [0, 0.1) is 6.92 Å². The van der Waals surface area contributed by atoms with E-state index in [2.05, 4.69) is 10.3 Å². The fourth-order valence-corrected chi connectivity index (χ4v) is 2.80. The van der Waals surface area contributed by atoms with Crippen molar-refractivity contribution >= 4 is 17.5 Å². The molecular weight excluding hydrogens is 302 g/mol. The van der Waals surface area contributed by atoms with E-state index in [1.165, 1.54) is 12.6 Å². The van der Waals surface area contributed by atoms with Crippen LogP contribution in [0.4, 0.5) is 5.69 Å². The van der Waals surface area contributed by atoms with Gasteiger partial charge in [-0.3, -0.25) is 14.6 Å². The third-order valence-electron chi connectivity index (χ3n) is 4.19. The van der Waals surface area contributed by atoms with E-state index in [1.54, 1.807) is 12.1 Å². The first kappa shape index (κ1) is 16.2. The van der Waals surface area contributed by atoms with E-state index in [9.17, 15) is 9.59 Å². The Morgan fingerprint density at radius 3 is 2.46 bits per heavy atom. The van der Waals surface area contributed by atoms with Crippen LogP contribution in [0.5, 0.6) is 0 Å². The van der Waals surface area contributed by atoms with E-state index >= 15 is 0 Å². The van der Waals surface area contributed by atoms with Crippen molar-refractivity contribution in [1.29, 1.82) is 0 Å². The van der Waals surface area contributed by atoms with Crippen LogP contribution in [0.15, 0.2) is 42.6 Å². The van der Waals surface area contributed by atoms with Crippen molar-refractivity contribution < 1.29 is 9.59 Å². The van der Waals surface area contributed by atoms with Crippen molar-refractivity contribution in [2.45, 2.75) is 26.2 Å². The molecule has 1 aliphatic heterocycles. The Balaban J connectivity index is 1.73. The molecule has 1 aromatic heterocycles. The van der Waals surface area contributed by atoms with Gasteiger partial charge in [0.2, 0.25) is 0 Å². The number of carbonyl (C=O) groups excluding carboxylic acids is 2. The van der Waals surface area contributed by atoms with Crippen molar-refractivity contribution in [3.8, 4) is 0 Å². The van der Waals surface area contributed by atoms with Gasteiger partial charge in [0.05, 0.1) is 0 Å². The van der Waals surface area contributed by atoms with Gasteiger partial charge in [0.1, 0.15) is 5.69 Å². The number of nitrogens with zero attached hydrogens (tertiary/aromatic N) is 2. The Labute approximate surface area is 141 Å². The molecule has 0 aliphatic carbocycles. The van der Waals surface area contributed by atoms with Gasteiger partial charge in [-0.1, -0.05) is 17.7 Å². The summed E-state index contributed by atoms with van der Waals surface area (Å²) in [4.78, 5) is 30.8. The molecule has 2 aromatic rings. The zero-order chi connectivity index (χ0) is 16.9. The fourth-order valence-electron chi connectivity index (χ4n) is 2.80. The highest BCUT2D eigenvalue weighted by Gasteiger charge is 2.19. The molecular formula is C19H21N3O2. The van der Waals surface area contributed by atoms with Gasteiger partial charge in [0.25, 0.3) is 11.8 Å². The van der Waals surface area contributed by atoms with E-state index in [1.807, 2.05) is 36.1 Å². The average Bonchev–Trinajstić information content (AvgIpc) is 2.64. The van der Waals surface area contributed by atoms with Crippen molar-refractivity contribution in [3.63, 3.8) is 0 Å². The number of carbonyl (C=O) groups is 2. The fraction of sp³-hybridized carbons (Fsp3) is 0.316. The lowest BCUT2D eigenvalue weighted by molar-refractivity contribution is 0.0724. The molecule has 0 saturated carbocycles. The van der Waals surface area contributed by atoms with Gasteiger partial charge < -0.3 is 10.2 Å². The number of aryl methyl sites for hydroxylation is 1. The normalized spacial score (nSPS) is 14.3. The second kappa shape index (κ2) is 7.25. The van der Waals surface area contributed by atoms with Crippen molar-refractivity contribution in [3.05, 3.63) is 59.4 Å². The highest BCUT2D eigenvalue weighted by molar-refractivity contribution is 6.04.